The number of nitrogens with zero attached hydrogens (tertiary/aromatic N) is 2. The Balaban J connectivity index is 1.82. The SMILES string of the molecule is O=C(NCc1ccccn1)C(=O)N1CCCCC1. The number of carbonyl (C=O) groups is 2. The maximum Gasteiger partial charge on any atom is 0.311 e. The largest absolute Gasteiger partial charge is 0.342 e. The summed E-state index contributed by atoms with van der Waals surface area (Å²) in [5, 5.41) is 2.60. The average molecular weight is 247 g/mol. The summed E-state index contributed by atoms with van der Waals surface area (Å²) in [6.45, 7) is 1.67. The van der Waals surface area contributed by atoms with Crippen molar-refractivity contribution in [3.05, 3.63) is 30.1 Å². The van der Waals surface area contributed by atoms with E-state index in [0.29, 0.717) is 19.6 Å². The molecule has 0 radical (unpaired) electrons. The molecule has 0 unspecified atom stereocenters. The van der Waals surface area contributed by atoms with Crippen LogP contribution in [-0.4, -0.2) is 34.8 Å². The topological polar surface area (TPSA) is 62.3 Å². The van der Waals surface area contributed by atoms with E-state index in [0.717, 1.165) is 25.0 Å². The predicted octanol–water partition coefficient (Wildman–Crippen LogP) is 0.710. The van der Waals surface area contributed by atoms with Crippen LogP contribution in [-0.2, 0) is 16.1 Å². The van der Waals surface area contributed by atoms with Gasteiger partial charge in [0.2, 0.25) is 0 Å². The third kappa shape index (κ3) is 3.29. The number of nitrogens with one attached hydrogen (secondary N) is 1. The maximum atomic E-state index is 11.8. The van der Waals surface area contributed by atoms with Crippen LogP contribution in [0.25, 0.3) is 0 Å². The van der Waals surface area contributed by atoms with Crippen molar-refractivity contribution in [2.45, 2.75) is 25.8 Å². The Morgan fingerprint density at radius 3 is 2.67 bits per heavy atom. The van der Waals surface area contributed by atoms with E-state index >= 15 is 0 Å². The molecule has 18 heavy (non-hydrogen) atoms. The summed E-state index contributed by atoms with van der Waals surface area (Å²) in [6.07, 6.45) is 4.77. The first-order valence-electron chi connectivity index (χ1n) is 6.24. The third-order valence-corrected chi connectivity index (χ3v) is 2.99. The molecule has 0 spiro atoms. The van der Waals surface area contributed by atoms with E-state index in [4.69, 9.17) is 0 Å². The zero-order valence-corrected chi connectivity index (χ0v) is 10.3. The number of likely N-dealkylation sites (tertiary alicyclic amines) is 1. The van der Waals surface area contributed by atoms with Crippen molar-refractivity contribution >= 4 is 11.8 Å². The van der Waals surface area contributed by atoms with Gasteiger partial charge in [0, 0.05) is 19.3 Å². The zero-order valence-electron chi connectivity index (χ0n) is 10.3. The molecule has 5 heteroatoms. The summed E-state index contributed by atoms with van der Waals surface area (Å²) in [7, 11) is 0. The Morgan fingerprint density at radius 1 is 1.22 bits per heavy atom. The summed E-state index contributed by atoms with van der Waals surface area (Å²) in [5.74, 6) is -0.965. The highest BCUT2D eigenvalue weighted by Crippen LogP contribution is 2.08. The van der Waals surface area contributed by atoms with Gasteiger partial charge in [0.05, 0.1) is 12.2 Å². The summed E-state index contributed by atoms with van der Waals surface area (Å²) in [5.41, 5.74) is 0.747. The minimum Gasteiger partial charge on any atom is -0.342 e. The minimum absolute atomic E-state index is 0.291. The molecule has 0 saturated carbocycles. The molecule has 0 aromatic carbocycles. The Hall–Kier alpha value is -1.91. The number of rotatable bonds is 2. The molecule has 1 aromatic heterocycles. The second-order valence-electron chi connectivity index (χ2n) is 4.36. The van der Waals surface area contributed by atoms with Gasteiger partial charge in [0.15, 0.2) is 0 Å². The van der Waals surface area contributed by atoms with Crippen LogP contribution in [0.15, 0.2) is 24.4 Å². The molecule has 2 amide bonds. The molecule has 2 heterocycles. The molecule has 1 aliphatic heterocycles. The van der Waals surface area contributed by atoms with Gasteiger partial charge in [-0.2, -0.15) is 0 Å². The first-order chi connectivity index (χ1) is 8.77. The van der Waals surface area contributed by atoms with Crippen molar-refractivity contribution in [3.8, 4) is 0 Å². The second-order valence-corrected chi connectivity index (χ2v) is 4.36. The van der Waals surface area contributed by atoms with E-state index in [1.165, 1.54) is 0 Å². The van der Waals surface area contributed by atoms with Crippen LogP contribution >= 0.6 is 0 Å². The number of hydrogen-bond acceptors (Lipinski definition) is 3. The number of amides is 2. The standard InChI is InChI=1S/C13H17N3O2/c17-12(13(18)16-8-4-1-5-9-16)15-10-11-6-2-3-7-14-11/h2-3,6-7H,1,4-5,8-10H2,(H,15,17). The van der Waals surface area contributed by atoms with Crippen molar-refractivity contribution in [1.82, 2.24) is 15.2 Å². The van der Waals surface area contributed by atoms with Crippen molar-refractivity contribution in [3.63, 3.8) is 0 Å². The van der Waals surface area contributed by atoms with Crippen LogP contribution in [0.5, 0.6) is 0 Å². The van der Waals surface area contributed by atoms with E-state index in [9.17, 15) is 9.59 Å². The Bertz CT molecular complexity index is 414. The van der Waals surface area contributed by atoms with Crippen LogP contribution in [0.3, 0.4) is 0 Å². The minimum atomic E-state index is -0.539. The summed E-state index contributed by atoms with van der Waals surface area (Å²) in [6, 6.07) is 5.47. The van der Waals surface area contributed by atoms with Crippen LogP contribution < -0.4 is 5.32 Å². The third-order valence-electron chi connectivity index (χ3n) is 2.99. The van der Waals surface area contributed by atoms with Crippen LogP contribution in [0.2, 0.25) is 0 Å². The fraction of sp³-hybridized carbons (Fsp3) is 0.462. The number of carbonyl (C=O) groups excluding carboxylic acids is 2. The lowest BCUT2D eigenvalue weighted by Crippen LogP contribution is -2.45. The second kappa shape index (κ2) is 6.14. The van der Waals surface area contributed by atoms with E-state index < -0.39 is 11.8 Å². The Morgan fingerprint density at radius 2 is 2.00 bits per heavy atom. The molecule has 1 N–H and O–H groups in total. The summed E-state index contributed by atoms with van der Waals surface area (Å²) < 4.78 is 0. The molecular weight excluding hydrogens is 230 g/mol. The molecule has 1 aliphatic rings. The first kappa shape index (κ1) is 12.5. The lowest BCUT2D eigenvalue weighted by molar-refractivity contribution is -0.146. The van der Waals surface area contributed by atoms with Gasteiger partial charge in [0.25, 0.3) is 0 Å². The van der Waals surface area contributed by atoms with E-state index in [1.54, 1.807) is 11.1 Å². The fourth-order valence-corrected chi connectivity index (χ4v) is 1.99. The molecule has 1 aromatic rings. The lowest BCUT2D eigenvalue weighted by Gasteiger charge is -2.25. The zero-order chi connectivity index (χ0) is 12.8. The number of hydrogen-bond donors (Lipinski definition) is 1. The van der Waals surface area contributed by atoms with Gasteiger partial charge in [-0.15, -0.1) is 0 Å². The molecule has 1 fully saturated rings. The van der Waals surface area contributed by atoms with Gasteiger partial charge >= 0.3 is 11.8 Å². The molecule has 0 aliphatic carbocycles. The molecule has 1 saturated heterocycles. The van der Waals surface area contributed by atoms with Crippen molar-refractivity contribution in [2.75, 3.05) is 13.1 Å². The lowest BCUT2D eigenvalue weighted by atomic mass is 10.1. The molecule has 2 rings (SSSR count). The van der Waals surface area contributed by atoms with Crippen molar-refractivity contribution in [2.24, 2.45) is 0 Å². The van der Waals surface area contributed by atoms with Crippen LogP contribution in [0.1, 0.15) is 25.0 Å². The monoisotopic (exact) mass is 247 g/mol. The smallest absolute Gasteiger partial charge is 0.311 e. The van der Waals surface area contributed by atoms with E-state index in [1.807, 2.05) is 18.2 Å². The van der Waals surface area contributed by atoms with E-state index in [-0.39, 0.29) is 0 Å². The predicted molar refractivity (Wildman–Crippen MR) is 66.5 cm³/mol. The van der Waals surface area contributed by atoms with Gasteiger partial charge in [0.1, 0.15) is 0 Å². The van der Waals surface area contributed by atoms with E-state index in [2.05, 4.69) is 10.3 Å². The summed E-state index contributed by atoms with van der Waals surface area (Å²) in [4.78, 5) is 29.2. The molecule has 0 bridgehead atoms. The first-order valence-corrected chi connectivity index (χ1v) is 6.24. The number of aromatic nitrogens is 1. The van der Waals surface area contributed by atoms with Crippen molar-refractivity contribution < 1.29 is 9.59 Å². The van der Waals surface area contributed by atoms with Gasteiger partial charge in [-0.05, 0) is 31.4 Å². The Kier molecular flexibility index (Phi) is 4.28. The van der Waals surface area contributed by atoms with Gasteiger partial charge in [-0.25, -0.2) is 0 Å². The molecule has 96 valence electrons. The fourth-order valence-electron chi connectivity index (χ4n) is 1.99. The highest BCUT2D eigenvalue weighted by molar-refractivity contribution is 6.34. The quantitative estimate of drug-likeness (QED) is 0.783. The Labute approximate surface area is 106 Å². The van der Waals surface area contributed by atoms with Crippen LogP contribution in [0.4, 0.5) is 0 Å². The molecule has 5 nitrogen and oxygen atoms in total. The molecule has 0 atom stereocenters. The highest BCUT2D eigenvalue weighted by Gasteiger charge is 2.22. The molecular formula is C13H17N3O2. The maximum absolute atomic E-state index is 11.8. The highest BCUT2D eigenvalue weighted by atomic mass is 16.2. The van der Waals surface area contributed by atoms with Gasteiger partial charge in [-0.3, -0.25) is 14.6 Å². The average Bonchev–Trinajstić information content (AvgIpc) is 2.46. The van der Waals surface area contributed by atoms with Crippen molar-refractivity contribution in [1.29, 1.82) is 0 Å². The van der Waals surface area contributed by atoms with Crippen LogP contribution in [0, 0.1) is 0 Å². The number of piperidine rings is 1. The summed E-state index contributed by atoms with van der Waals surface area (Å²) >= 11 is 0. The van der Waals surface area contributed by atoms with Gasteiger partial charge < -0.3 is 10.2 Å². The van der Waals surface area contributed by atoms with Gasteiger partial charge in [-0.1, -0.05) is 6.07 Å². The normalized spacial score (nSPS) is 15.2. The number of pyridine rings is 1.